The minimum absolute atomic E-state index is 0.605. The van der Waals surface area contributed by atoms with Gasteiger partial charge in [-0.1, -0.05) is 13.8 Å². The molecule has 2 bridgehead atoms. The quantitative estimate of drug-likeness (QED) is 0.766. The molecule has 0 aliphatic carbocycles. The molecule has 5 heteroatoms. The largest absolute Gasteiger partial charge is 0.332 e. The Balaban J connectivity index is 1.30. The Morgan fingerprint density at radius 1 is 1.00 bits per heavy atom. The first-order chi connectivity index (χ1) is 13.1. The Bertz CT molecular complexity index is 579. The van der Waals surface area contributed by atoms with Gasteiger partial charge in [0, 0.05) is 37.6 Å². The van der Waals surface area contributed by atoms with Crippen LogP contribution < -0.4 is 4.90 Å². The van der Waals surface area contributed by atoms with Crippen molar-refractivity contribution < 1.29 is 0 Å². The van der Waals surface area contributed by atoms with E-state index < -0.39 is 0 Å². The van der Waals surface area contributed by atoms with Gasteiger partial charge in [0.15, 0.2) is 0 Å². The first kappa shape index (κ1) is 19.1. The highest BCUT2D eigenvalue weighted by Gasteiger charge is 2.40. The van der Waals surface area contributed by atoms with Crippen LogP contribution in [0.5, 0.6) is 0 Å². The zero-order chi connectivity index (χ0) is 18.8. The Morgan fingerprint density at radius 3 is 2.22 bits per heavy atom. The van der Waals surface area contributed by atoms with E-state index in [1.807, 2.05) is 0 Å². The maximum Gasteiger partial charge on any atom is 0.225 e. The number of hydrogen-bond acceptors (Lipinski definition) is 5. The van der Waals surface area contributed by atoms with Crippen LogP contribution in [0.15, 0.2) is 12.4 Å². The van der Waals surface area contributed by atoms with Crippen LogP contribution in [0.25, 0.3) is 0 Å². The predicted octanol–water partition coefficient (Wildman–Crippen LogP) is 3.38. The number of hydrogen-bond donors (Lipinski definition) is 0. The van der Waals surface area contributed by atoms with Crippen LogP contribution in [-0.2, 0) is 0 Å². The number of anilines is 1. The van der Waals surface area contributed by atoms with E-state index in [4.69, 9.17) is 9.97 Å². The summed E-state index contributed by atoms with van der Waals surface area (Å²) in [6.07, 6.45) is 12.0. The molecule has 2 atom stereocenters. The molecule has 3 fully saturated rings. The summed E-state index contributed by atoms with van der Waals surface area (Å²) in [4.78, 5) is 17.2. The van der Waals surface area contributed by atoms with Gasteiger partial charge in [-0.15, -0.1) is 0 Å². The van der Waals surface area contributed by atoms with E-state index in [9.17, 15) is 0 Å². The number of piperidine rings is 1. The van der Waals surface area contributed by atoms with Gasteiger partial charge in [0.05, 0.1) is 0 Å². The van der Waals surface area contributed by atoms with Gasteiger partial charge in [-0.25, -0.2) is 9.97 Å². The van der Waals surface area contributed by atoms with E-state index >= 15 is 0 Å². The Hall–Kier alpha value is -1.20. The number of fused-ring (bicyclic) bond motifs is 2. The highest BCUT2D eigenvalue weighted by Crippen LogP contribution is 2.33. The summed E-state index contributed by atoms with van der Waals surface area (Å²) in [5, 5.41) is 0. The van der Waals surface area contributed by atoms with Crippen molar-refractivity contribution in [3.63, 3.8) is 0 Å². The highest BCUT2D eigenvalue weighted by molar-refractivity contribution is 5.38. The molecule has 0 spiro atoms. The van der Waals surface area contributed by atoms with Crippen molar-refractivity contribution in [1.82, 2.24) is 19.8 Å². The first-order valence-electron chi connectivity index (χ1n) is 11.1. The standard InChI is InChI=1S/C22H37N5/c1-17(2)5-4-10-26-11-8-18(9-12-26)19-13-23-22(24-14-19)27-20-6-7-21(27)16-25(3)15-20/h13-14,17-18,20-21H,4-12,15-16H2,1-3H3. The summed E-state index contributed by atoms with van der Waals surface area (Å²) in [6.45, 7) is 10.7. The fourth-order valence-corrected chi connectivity index (χ4v) is 5.33. The van der Waals surface area contributed by atoms with Crippen molar-refractivity contribution in [2.45, 2.75) is 70.4 Å². The van der Waals surface area contributed by atoms with Gasteiger partial charge in [-0.3, -0.25) is 0 Å². The van der Waals surface area contributed by atoms with Crippen LogP contribution in [0.2, 0.25) is 0 Å². The lowest BCUT2D eigenvalue weighted by molar-refractivity contribution is 0.206. The smallest absolute Gasteiger partial charge is 0.225 e. The van der Waals surface area contributed by atoms with Crippen molar-refractivity contribution >= 4 is 5.95 Å². The molecular weight excluding hydrogens is 334 g/mol. The van der Waals surface area contributed by atoms with Gasteiger partial charge in [0.1, 0.15) is 0 Å². The van der Waals surface area contributed by atoms with Crippen LogP contribution >= 0.6 is 0 Å². The van der Waals surface area contributed by atoms with Gasteiger partial charge >= 0.3 is 0 Å². The molecule has 4 heterocycles. The summed E-state index contributed by atoms with van der Waals surface area (Å²) in [5.74, 6) is 2.43. The van der Waals surface area contributed by atoms with E-state index in [0.29, 0.717) is 18.0 Å². The normalized spacial score (nSPS) is 27.6. The zero-order valence-electron chi connectivity index (χ0n) is 17.5. The van der Waals surface area contributed by atoms with Crippen molar-refractivity contribution in [3.05, 3.63) is 18.0 Å². The first-order valence-corrected chi connectivity index (χ1v) is 11.1. The maximum atomic E-state index is 4.81. The van der Waals surface area contributed by atoms with Gasteiger partial charge in [-0.05, 0) is 82.6 Å². The highest BCUT2D eigenvalue weighted by atomic mass is 15.4. The molecular formula is C22H37N5. The zero-order valence-corrected chi connectivity index (χ0v) is 17.5. The average Bonchev–Trinajstić information content (AvgIpc) is 2.93. The van der Waals surface area contributed by atoms with E-state index in [-0.39, 0.29) is 0 Å². The van der Waals surface area contributed by atoms with Gasteiger partial charge in [0.2, 0.25) is 5.95 Å². The number of nitrogens with zero attached hydrogens (tertiary/aromatic N) is 5. The lowest BCUT2D eigenvalue weighted by atomic mass is 9.91. The fourth-order valence-electron chi connectivity index (χ4n) is 5.33. The molecule has 150 valence electrons. The summed E-state index contributed by atoms with van der Waals surface area (Å²) in [7, 11) is 2.24. The Labute approximate surface area is 165 Å². The lowest BCUT2D eigenvalue weighted by Gasteiger charge is -2.39. The van der Waals surface area contributed by atoms with Gasteiger partial charge in [0.25, 0.3) is 0 Å². The van der Waals surface area contributed by atoms with Crippen LogP contribution in [-0.4, -0.2) is 71.6 Å². The molecule has 4 rings (SSSR count). The summed E-state index contributed by atoms with van der Waals surface area (Å²) in [5.41, 5.74) is 1.35. The van der Waals surface area contributed by atoms with Crippen molar-refractivity contribution in [1.29, 1.82) is 0 Å². The number of piperazine rings is 1. The lowest BCUT2D eigenvalue weighted by Crippen LogP contribution is -2.53. The predicted molar refractivity (Wildman–Crippen MR) is 111 cm³/mol. The minimum atomic E-state index is 0.605. The molecule has 0 aromatic carbocycles. The van der Waals surface area contributed by atoms with E-state index in [0.717, 1.165) is 25.0 Å². The molecule has 3 aliphatic rings. The second-order valence-electron chi connectivity index (χ2n) is 9.48. The molecule has 27 heavy (non-hydrogen) atoms. The minimum Gasteiger partial charge on any atom is -0.332 e. The average molecular weight is 372 g/mol. The topological polar surface area (TPSA) is 35.5 Å². The van der Waals surface area contributed by atoms with Crippen LogP contribution in [0.3, 0.4) is 0 Å². The monoisotopic (exact) mass is 371 g/mol. The van der Waals surface area contributed by atoms with Crippen molar-refractivity contribution in [2.75, 3.05) is 44.7 Å². The molecule has 2 unspecified atom stereocenters. The van der Waals surface area contributed by atoms with Gasteiger partial charge in [-0.2, -0.15) is 0 Å². The van der Waals surface area contributed by atoms with Crippen molar-refractivity contribution in [2.24, 2.45) is 5.92 Å². The van der Waals surface area contributed by atoms with Crippen LogP contribution in [0, 0.1) is 5.92 Å². The summed E-state index contributed by atoms with van der Waals surface area (Å²) < 4.78 is 0. The third-order valence-electron chi connectivity index (χ3n) is 6.87. The second kappa shape index (κ2) is 8.44. The molecule has 3 saturated heterocycles. The molecule has 0 saturated carbocycles. The Morgan fingerprint density at radius 2 is 1.63 bits per heavy atom. The van der Waals surface area contributed by atoms with Crippen LogP contribution in [0.1, 0.15) is 63.9 Å². The van der Waals surface area contributed by atoms with E-state index in [2.05, 4.69) is 48.0 Å². The van der Waals surface area contributed by atoms with E-state index in [1.165, 1.54) is 63.7 Å². The summed E-state index contributed by atoms with van der Waals surface area (Å²) >= 11 is 0. The van der Waals surface area contributed by atoms with Gasteiger partial charge < -0.3 is 14.7 Å². The molecule has 5 nitrogen and oxygen atoms in total. The number of rotatable bonds is 6. The molecule has 0 N–H and O–H groups in total. The molecule has 1 aromatic heterocycles. The molecule has 3 aliphatic heterocycles. The number of likely N-dealkylation sites (N-methyl/N-ethyl adjacent to an activating group) is 1. The third-order valence-corrected chi connectivity index (χ3v) is 6.87. The molecule has 0 amide bonds. The Kier molecular flexibility index (Phi) is 5.98. The molecule has 0 radical (unpaired) electrons. The third kappa shape index (κ3) is 4.45. The number of aromatic nitrogens is 2. The SMILES string of the molecule is CC(C)CCCN1CCC(c2cnc(N3C4CCC3CN(C)C4)nc2)CC1. The van der Waals surface area contributed by atoms with Crippen LogP contribution in [0.4, 0.5) is 5.95 Å². The summed E-state index contributed by atoms with van der Waals surface area (Å²) in [6, 6.07) is 1.21. The number of likely N-dealkylation sites (tertiary alicyclic amines) is 2. The second-order valence-corrected chi connectivity index (χ2v) is 9.48. The maximum absolute atomic E-state index is 4.81. The van der Waals surface area contributed by atoms with E-state index in [1.54, 1.807) is 0 Å². The fraction of sp³-hybridized carbons (Fsp3) is 0.818. The van der Waals surface area contributed by atoms with Crippen molar-refractivity contribution in [3.8, 4) is 0 Å². The molecule has 1 aromatic rings.